The lowest BCUT2D eigenvalue weighted by Crippen LogP contribution is -2.36. The van der Waals surface area contributed by atoms with Crippen LogP contribution in [-0.4, -0.2) is 79.8 Å². The van der Waals surface area contributed by atoms with Gasteiger partial charge in [0.2, 0.25) is 0 Å². The van der Waals surface area contributed by atoms with Crippen molar-refractivity contribution in [3.8, 4) is 0 Å². The average Bonchev–Trinajstić information content (AvgIpc) is 3.56. The van der Waals surface area contributed by atoms with Crippen molar-refractivity contribution in [2.24, 2.45) is 0 Å². The van der Waals surface area contributed by atoms with Gasteiger partial charge >= 0.3 is 12.0 Å². The number of esters is 1. The molecule has 4 N–H and O–H groups in total. The second kappa shape index (κ2) is 10.3. The third-order valence-electron chi connectivity index (χ3n) is 6.69. The van der Waals surface area contributed by atoms with Crippen LogP contribution in [0, 0.1) is 0 Å². The van der Waals surface area contributed by atoms with Gasteiger partial charge in [0.15, 0.2) is 6.23 Å². The van der Waals surface area contributed by atoms with Crippen molar-refractivity contribution < 1.29 is 29.3 Å². The maximum absolute atomic E-state index is 12.2. The summed E-state index contributed by atoms with van der Waals surface area (Å²) in [5.74, 6) is 0.517. The number of unbranched alkanes of at least 4 members (excludes halogenated alkanes) is 1. The van der Waals surface area contributed by atoms with Crippen LogP contribution in [0.4, 0.5) is 4.79 Å². The molecule has 3 fully saturated rings. The normalized spacial score (nSPS) is 32.0. The number of aliphatic hydroxyl groups is 2. The second-order valence-corrected chi connectivity index (χ2v) is 11.1. The number of carbonyl (C=O) groups excluding carboxylic acids is 2. The van der Waals surface area contributed by atoms with Gasteiger partial charge in [-0.3, -0.25) is 4.79 Å². The fraction of sp³-hybridized carbons (Fsp3) is 0.591. The number of carbonyl (C=O) groups is 2. The van der Waals surface area contributed by atoms with E-state index in [1.54, 1.807) is 16.7 Å². The van der Waals surface area contributed by atoms with E-state index in [2.05, 4.69) is 15.6 Å². The molecular weight excluding hydrogens is 519 g/mol. The van der Waals surface area contributed by atoms with Crippen molar-refractivity contribution >= 4 is 58.0 Å². The Kier molecular flexibility index (Phi) is 7.34. The monoisotopic (exact) mass is 544 g/mol. The number of rotatable bonds is 8. The highest BCUT2D eigenvalue weighted by Gasteiger charge is 2.45. The summed E-state index contributed by atoms with van der Waals surface area (Å²) in [6.45, 7) is -0.174. The molecule has 2 aromatic rings. The third-order valence-corrected chi connectivity index (χ3v) is 8.93. The second-order valence-electron chi connectivity index (χ2n) is 9.00. The number of hydrogen-bond acceptors (Lipinski definition) is 8. The van der Waals surface area contributed by atoms with Crippen molar-refractivity contribution in [3.05, 3.63) is 28.5 Å². The van der Waals surface area contributed by atoms with Crippen LogP contribution in [0.5, 0.6) is 0 Å². The number of nitrogens with zero attached hydrogens (tertiary/aromatic N) is 2. The van der Waals surface area contributed by atoms with E-state index in [0.29, 0.717) is 32.7 Å². The molecule has 0 radical (unpaired) electrons. The predicted molar refractivity (Wildman–Crippen MR) is 131 cm³/mol. The molecule has 7 atom stereocenters. The fourth-order valence-corrected chi connectivity index (χ4v) is 6.69. The maximum atomic E-state index is 12.2. The van der Waals surface area contributed by atoms with Gasteiger partial charge in [-0.05, 0) is 25.0 Å². The zero-order valence-electron chi connectivity index (χ0n) is 18.6. The van der Waals surface area contributed by atoms with Crippen LogP contribution in [0.2, 0.25) is 10.0 Å². The Morgan fingerprint density at radius 3 is 2.86 bits per heavy atom. The van der Waals surface area contributed by atoms with Crippen LogP contribution in [0.3, 0.4) is 0 Å². The van der Waals surface area contributed by atoms with Crippen molar-refractivity contribution in [1.82, 2.24) is 20.2 Å². The largest absolute Gasteiger partial charge is 0.463 e. The summed E-state index contributed by atoms with van der Waals surface area (Å²) in [5, 5.41) is 27.9. The molecule has 0 aliphatic carbocycles. The molecule has 3 aliphatic heterocycles. The average molecular weight is 545 g/mol. The SMILES string of the molecule is O=C1N[C@H]2[C@H](CS[C@H]2CCCCC(=O)OC[C@H]2O[C@@H](n3cnc4cc(Cl)c(Cl)cc43)C(O)[C@H]2O)N1. The lowest BCUT2D eigenvalue weighted by molar-refractivity contribution is -0.150. The summed E-state index contributed by atoms with van der Waals surface area (Å²) in [5.41, 5.74) is 1.16. The first-order chi connectivity index (χ1) is 16.8. The van der Waals surface area contributed by atoms with Crippen LogP contribution >= 0.6 is 35.0 Å². The van der Waals surface area contributed by atoms with Crippen molar-refractivity contribution in [2.45, 2.75) is 67.6 Å². The highest BCUT2D eigenvalue weighted by Crippen LogP contribution is 2.35. The number of amides is 2. The van der Waals surface area contributed by atoms with Gasteiger partial charge in [0.25, 0.3) is 0 Å². The summed E-state index contributed by atoms with van der Waals surface area (Å²) in [6, 6.07) is 3.46. The molecule has 1 aromatic carbocycles. The number of fused-ring (bicyclic) bond motifs is 2. The van der Waals surface area contributed by atoms with Crippen molar-refractivity contribution in [3.63, 3.8) is 0 Å². The molecule has 1 aromatic heterocycles. The number of urea groups is 1. The lowest BCUT2D eigenvalue weighted by Gasteiger charge is -2.17. The highest BCUT2D eigenvalue weighted by atomic mass is 35.5. The van der Waals surface area contributed by atoms with E-state index in [-0.39, 0.29) is 37.1 Å². The van der Waals surface area contributed by atoms with E-state index in [9.17, 15) is 19.8 Å². The molecule has 0 spiro atoms. The van der Waals surface area contributed by atoms with Gasteiger partial charge in [-0.15, -0.1) is 0 Å². The Morgan fingerprint density at radius 1 is 1.23 bits per heavy atom. The van der Waals surface area contributed by atoms with Crippen LogP contribution in [0.15, 0.2) is 18.5 Å². The number of aliphatic hydroxyl groups excluding tert-OH is 2. The quantitative estimate of drug-likeness (QED) is 0.226. The molecule has 190 valence electrons. The van der Waals surface area contributed by atoms with E-state index in [0.717, 1.165) is 18.6 Å². The molecule has 13 heteroatoms. The minimum Gasteiger partial charge on any atom is -0.463 e. The topological polar surface area (TPSA) is 135 Å². The molecule has 35 heavy (non-hydrogen) atoms. The van der Waals surface area contributed by atoms with Gasteiger partial charge in [-0.25, -0.2) is 9.78 Å². The smallest absolute Gasteiger partial charge is 0.315 e. The number of aromatic nitrogens is 2. The number of imidazole rings is 1. The Hall–Kier alpha value is -1.76. The molecule has 2 amide bonds. The standard InChI is InChI=1S/C22H26Cl2N4O6S/c23-10-5-12-14(6-11(10)24)28(9-25-12)21-20(31)19(30)15(34-21)7-33-17(29)4-2-1-3-16-18-13(8-35-16)26-22(32)27-18/h5-6,9,13,15-16,18-21,30-31H,1-4,7-8H2,(H2,26,27,32)/t13-,15+,16-,18-,19-,20?,21+/m0/s1. The van der Waals surface area contributed by atoms with Gasteiger partial charge in [0.1, 0.15) is 24.9 Å². The van der Waals surface area contributed by atoms with E-state index < -0.39 is 24.5 Å². The van der Waals surface area contributed by atoms with E-state index >= 15 is 0 Å². The molecule has 5 rings (SSSR count). The summed E-state index contributed by atoms with van der Waals surface area (Å²) < 4.78 is 12.7. The highest BCUT2D eigenvalue weighted by molar-refractivity contribution is 8.00. The summed E-state index contributed by atoms with van der Waals surface area (Å²) in [7, 11) is 0. The first kappa shape index (κ1) is 24.9. The number of halogens is 2. The number of thioether (sulfide) groups is 1. The molecule has 3 aliphatic rings. The number of benzene rings is 1. The summed E-state index contributed by atoms with van der Waals surface area (Å²) in [6.07, 6.45) is -0.153. The number of hydrogen-bond donors (Lipinski definition) is 4. The van der Waals surface area contributed by atoms with Crippen LogP contribution in [-0.2, 0) is 14.3 Å². The number of nitrogens with one attached hydrogen (secondary N) is 2. The van der Waals surface area contributed by atoms with Gasteiger partial charge < -0.3 is 34.9 Å². The summed E-state index contributed by atoms with van der Waals surface area (Å²) >= 11 is 14.0. The van der Waals surface area contributed by atoms with E-state index in [4.69, 9.17) is 32.7 Å². The Bertz CT molecular complexity index is 1120. The van der Waals surface area contributed by atoms with Crippen molar-refractivity contribution in [1.29, 1.82) is 0 Å². The number of ether oxygens (including phenoxy) is 2. The molecule has 1 unspecified atom stereocenters. The molecule has 10 nitrogen and oxygen atoms in total. The molecule has 0 bridgehead atoms. The van der Waals surface area contributed by atoms with Gasteiger partial charge in [0.05, 0.1) is 39.5 Å². The Balaban J connectivity index is 1.08. The third kappa shape index (κ3) is 5.07. The van der Waals surface area contributed by atoms with Crippen LogP contribution in [0.1, 0.15) is 31.9 Å². The predicted octanol–water partition coefficient (Wildman–Crippen LogP) is 2.23. The van der Waals surface area contributed by atoms with Crippen LogP contribution in [0.25, 0.3) is 11.0 Å². The molecule has 4 heterocycles. The zero-order chi connectivity index (χ0) is 24.7. The minimum absolute atomic E-state index is 0.105. The summed E-state index contributed by atoms with van der Waals surface area (Å²) in [4.78, 5) is 27.9. The van der Waals surface area contributed by atoms with Gasteiger partial charge in [-0.1, -0.05) is 29.6 Å². The zero-order valence-corrected chi connectivity index (χ0v) is 20.9. The molecular formula is C22H26Cl2N4O6S. The van der Waals surface area contributed by atoms with E-state index in [1.807, 2.05) is 11.8 Å². The van der Waals surface area contributed by atoms with Gasteiger partial charge in [-0.2, -0.15) is 11.8 Å². The first-order valence-electron chi connectivity index (χ1n) is 11.5. The lowest BCUT2D eigenvalue weighted by atomic mass is 10.0. The first-order valence-corrected chi connectivity index (χ1v) is 13.3. The maximum Gasteiger partial charge on any atom is 0.315 e. The van der Waals surface area contributed by atoms with Gasteiger partial charge in [0, 0.05) is 17.4 Å². The molecule has 0 saturated carbocycles. The Labute approximate surface area is 215 Å². The van der Waals surface area contributed by atoms with E-state index in [1.165, 1.54) is 6.33 Å². The Morgan fingerprint density at radius 2 is 2.03 bits per heavy atom. The minimum atomic E-state index is -1.25. The molecule has 3 saturated heterocycles. The fourth-order valence-electron chi connectivity index (χ4n) is 4.83. The van der Waals surface area contributed by atoms with Crippen molar-refractivity contribution in [2.75, 3.05) is 12.4 Å². The van der Waals surface area contributed by atoms with Crippen LogP contribution < -0.4 is 10.6 Å².